The number of terminal acetylenes is 1. The van der Waals surface area contributed by atoms with Crippen LogP contribution in [0.25, 0.3) is 11.1 Å². The number of nitrogens with zero attached hydrogens (tertiary/aromatic N) is 2. The lowest BCUT2D eigenvalue weighted by Gasteiger charge is -2.05. The monoisotopic (exact) mass is 308 g/mol. The first-order valence-electron chi connectivity index (χ1n) is 6.54. The fraction of sp³-hybridized carbons (Fsp3) is 0.0625. The highest BCUT2D eigenvalue weighted by molar-refractivity contribution is 7.10. The number of thiazole rings is 1. The minimum atomic E-state index is -0.230. The molecule has 2 aromatic heterocycles. The fourth-order valence-electron chi connectivity index (χ4n) is 1.99. The van der Waals surface area contributed by atoms with E-state index < -0.39 is 0 Å². The fourth-order valence-corrected chi connectivity index (χ4v) is 2.59. The van der Waals surface area contributed by atoms with Crippen molar-refractivity contribution in [3.05, 3.63) is 58.3 Å². The van der Waals surface area contributed by atoms with Crippen molar-refractivity contribution in [3.63, 3.8) is 0 Å². The molecular formula is C16H12N4OS. The zero-order valence-electron chi connectivity index (χ0n) is 11.5. The summed E-state index contributed by atoms with van der Waals surface area (Å²) in [4.78, 5) is 16.1. The van der Waals surface area contributed by atoms with E-state index in [1.807, 2.05) is 30.5 Å². The third kappa shape index (κ3) is 3.05. The summed E-state index contributed by atoms with van der Waals surface area (Å²) in [5, 5.41) is 11.7. The standard InChI is InChI=1S/C16H12N4OS/c1-2-15-20-14(10-22-15)16(21)17-7-11-4-3-5-12(6-11)13-8-18-19-9-13/h1,3-6,8-10H,7H2,(H,17,21)(H,18,19). The summed E-state index contributed by atoms with van der Waals surface area (Å²) in [7, 11) is 0. The van der Waals surface area contributed by atoms with Crippen LogP contribution in [0.2, 0.25) is 0 Å². The van der Waals surface area contributed by atoms with Gasteiger partial charge in [0.15, 0.2) is 5.01 Å². The van der Waals surface area contributed by atoms with Crippen LogP contribution in [0.1, 0.15) is 21.1 Å². The van der Waals surface area contributed by atoms with Crippen LogP contribution in [-0.4, -0.2) is 21.1 Å². The molecule has 108 valence electrons. The number of hydrogen-bond acceptors (Lipinski definition) is 4. The first-order chi connectivity index (χ1) is 10.8. The molecule has 0 aliphatic heterocycles. The van der Waals surface area contributed by atoms with Crippen LogP contribution in [0, 0.1) is 12.3 Å². The Kier molecular flexibility index (Phi) is 3.99. The maximum absolute atomic E-state index is 12.0. The van der Waals surface area contributed by atoms with Crippen molar-refractivity contribution < 1.29 is 4.79 Å². The van der Waals surface area contributed by atoms with Crippen LogP contribution >= 0.6 is 11.3 Å². The molecule has 0 unspecified atom stereocenters. The maximum atomic E-state index is 12.0. The first kappa shape index (κ1) is 14.0. The molecule has 0 aliphatic rings. The Morgan fingerprint density at radius 1 is 1.41 bits per heavy atom. The number of hydrogen-bond donors (Lipinski definition) is 2. The third-order valence-corrected chi connectivity index (χ3v) is 3.85. The van der Waals surface area contributed by atoms with Crippen molar-refractivity contribution >= 4 is 17.2 Å². The SMILES string of the molecule is C#Cc1nc(C(=O)NCc2cccc(-c3cn[nH]c3)c2)cs1. The molecule has 0 saturated carbocycles. The number of aromatic amines is 1. The lowest BCUT2D eigenvalue weighted by molar-refractivity contribution is 0.0946. The maximum Gasteiger partial charge on any atom is 0.271 e. The van der Waals surface area contributed by atoms with Crippen molar-refractivity contribution in [3.8, 4) is 23.5 Å². The average molecular weight is 308 g/mol. The molecule has 3 aromatic rings. The Hall–Kier alpha value is -2.91. The van der Waals surface area contributed by atoms with Crippen LogP contribution in [-0.2, 0) is 6.54 Å². The molecule has 0 saturated heterocycles. The third-order valence-electron chi connectivity index (χ3n) is 3.07. The summed E-state index contributed by atoms with van der Waals surface area (Å²) < 4.78 is 0. The topological polar surface area (TPSA) is 70.7 Å². The summed E-state index contributed by atoms with van der Waals surface area (Å²) in [6.07, 6.45) is 8.84. The summed E-state index contributed by atoms with van der Waals surface area (Å²) >= 11 is 1.28. The Bertz CT molecular complexity index is 830. The Balaban J connectivity index is 1.68. The predicted octanol–water partition coefficient (Wildman–Crippen LogP) is 2.44. The van der Waals surface area contributed by atoms with Crippen LogP contribution in [0.4, 0.5) is 0 Å². The molecule has 5 nitrogen and oxygen atoms in total. The molecule has 2 heterocycles. The van der Waals surface area contributed by atoms with E-state index in [-0.39, 0.29) is 5.91 Å². The number of rotatable bonds is 4. The van der Waals surface area contributed by atoms with Crippen LogP contribution < -0.4 is 5.32 Å². The van der Waals surface area contributed by atoms with Gasteiger partial charge in [0.1, 0.15) is 5.69 Å². The molecule has 1 amide bonds. The van der Waals surface area contributed by atoms with Crippen LogP contribution in [0.3, 0.4) is 0 Å². The number of aromatic nitrogens is 3. The minimum absolute atomic E-state index is 0.230. The number of benzene rings is 1. The van der Waals surface area contributed by atoms with Crippen molar-refractivity contribution in [2.75, 3.05) is 0 Å². The van der Waals surface area contributed by atoms with Crippen molar-refractivity contribution in [1.82, 2.24) is 20.5 Å². The van der Waals surface area contributed by atoms with Gasteiger partial charge in [-0.2, -0.15) is 5.10 Å². The number of carbonyl (C=O) groups excluding carboxylic acids is 1. The quantitative estimate of drug-likeness (QED) is 0.727. The van der Waals surface area contributed by atoms with Crippen molar-refractivity contribution in [2.24, 2.45) is 0 Å². The van der Waals surface area contributed by atoms with E-state index in [1.54, 1.807) is 11.6 Å². The molecule has 0 radical (unpaired) electrons. The first-order valence-corrected chi connectivity index (χ1v) is 7.42. The summed E-state index contributed by atoms with van der Waals surface area (Å²) in [6, 6.07) is 7.91. The Labute approximate surface area is 131 Å². The lowest BCUT2D eigenvalue weighted by Crippen LogP contribution is -2.23. The summed E-state index contributed by atoms with van der Waals surface area (Å²) in [6.45, 7) is 0.424. The van der Waals surface area contributed by atoms with E-state index in [1.165, 1.54) is 11.3 Å². The van der Waals surface area contributed by atoms with E-state index >= 15 is 0 Å². The van der Waals surface area contributed by atoms with Gasteiger partial charge < -0.3 is 5.32 Å². The molecule has 22 heavy (non-hydrogen) atoms. The van der Waals surface area contributed by atoms with Gasteiger partial charge in [-0.1, -0.05) is 18.2 Å². The second kappa shape index (κ2) is 6.24. The van der Waals surface area contributed by atoms with Gasteiger partial charge >= 0.3 is 0 Å². The second-order valence-corrected chi connectivity index (χ2v) is 5.41. The molecule has 0 aliphatic carbocycles. The predicted molar refractivity (Wildman–Crippen MR) is 85.2 cm³/mol. The number of carbonyl (C=O) groups is 1. The molecule has 0 spiro atoms. The zero-order chi connectivity index (χ0) is 15.4. The van der Waals surface area contributed by atoms with Gasteiger partial charge in [0.25, 0.3) is 5.91 Å². The lowest BCUT2D eigenvalue weighted by atomic mass is 10.1. The van der Waals surface area contributed by atoms with E-state index in [2.05, 4.69) is 26.4 Å². The molecule has 6 heteroatoms. The number of nitrogens with one attached hydrogen (secondary N) is 2. The van der Waals surface area contributed by atoms with Gasteiger partial charge in [-0.05, 0) is 23.1 Å². The van der Waals surface area contributed by atoms with Gasteiger partial charge in [0.2, 0.25) is 0 Å². The zero-order valence-corrected chi connectivity index (χ0v) is 12.4. The molecule has 0 fully saturated rings. The minimum Gasteiger partial charge on any atom is -0.347 e. The Morgan fingerprint density at radius 2 is 2.32 bits per heavy atom. The van der Waals surface area contributed by atoms with E-state index in [0.29, 0.717) is 17.2 Å². The molecule has 1 aromatic carbocycles. The molecule has 3 rings (SSSR count). The molecule has 0 bridgehead atoms. The highest BCUT2D eigenvalue weighted by Gasteiger charge is 2.09. The highest BCUT2D eigenvalue weighted by Crippen LogP contribution is 2.18. The van der Waals surface area contributed by atoms with Gasteiger partial charge in [0.05, 0.1) is 6.20 Å². The normalized spacial score (nSPS) is 10.1. The molecule has 0 atom stereocenters. The van der Waals surface area contributed by atoms with Gasteiger partial charge in [0, 0.05) is 23.7 Å². The van der Waals surface area contributed by atoms with E-state index in [0.717, 1.165) is 16.7 Å². The number of amides is 1. The van der Waals surface area contributed by atoms with E-state index in [4.69, 9.17) is 6.42 Å². The van der Waals surface area contributed by atoms with Crippen LogP contribution in [0.15, 0.2) is 42.0 Å². The van der Waals surface area contributed by atoms with Crippen molar-refractivity contribution in [1.29, 1.82) is 0 Å². The highest BCUT2D eigenvalue weighted by atomic mass is 32.1. The molecular weight excluding hydrogens is 296 g/mol. The van der Waals surface area contributed by atoms with Gasteiger partial charge in [-0.25, -0.2) is 4.98 Å². The molecule has 2 N–H and O–H groups in total. The van der Waals surface area contributed by atoms with E-state index in [9.17, 15) is 4.79 Å². The summed E-state index contributed by atoms with van der Waals surface area (Å²) in [5.41, 5.74) is 3.40. The summed E-state index contributed by atoms with van der Waals surface area (Å²) in [5.74, 6) is 2.19. The van der Waals surface area contributed by atoms with Gasteiger partial charge in [-0.15, -0.1) is 17.8 Å². The largest absolute Gasteiger partial charge is 0.347 e. The number of H-pyrrole nitrogens is 1. The van der Waals surface area contributed by atoms with Gasteiger partial charge in [-0.3, -0.25) is 9.89 Å². The Morgan fingerprint density at radius 3 is 3.05 bits per heavy atom. The average Bonchev–Trinajstić information content (AvgIpc) is 3.24. The van der Waals surface area contributed by atoms with Crippen LogP contribution in [0.5, 0.6) is 0 Å². The van der Waals surface area contributed by atoms with Crippen molar-refractivity contribution in [2.45, 2.75) is 6.54 Å². The second-order valence-electron chi connectivity index (χ2n) is 4.55. The smallest absolute Gasteiger partial charge is 0.271 e.